The second kappa shape index (κ2) is 9.61. The fraction of sp³-hybridized carbons (Fsp3) is 0.522. The Hall–Kier alpha value is -2.14. The van der Waals surface area contributed by atoms with Crippen molar-refractivity contribution in [3.8, 4) is 11.5 Å². The van der Waals surface area contributed by atoms with Crippen LogP contribution in [0.4, 0.5) is 0 Å². The molecule has 0 unspecified atom stereocenters. The molecule has 1 atom stereocenters. The number of hydrogen-bond acceptors (Lipinski definition) is 8. The van der Waals surface area contributed by atoms with Crippen molar-refractivity contribution >= 4 is 27.1 Å². The van der Waals surface area contributed by atoms with Gasteiger partial charge in [0.1, 0.15) is 0 Å². The molecule has 2 aromatic rings. The van der Waals surface area contributed by atoms with Crippen LogP contribution in [0.5, 0.6) is 11.5 Å². The van der Waals surface area contributed by atoms with Crippen molar-refractivity contribution in [1.29, 1.82) is 0 Å². The lowest BCUT2D eigenvalue weighted by molar-refractivity contribution is -0.135. The third-order valence-electron chi connectivity index (χ3n) is 6.54. The average Bonchev–Trinajstić information content (AvgIpc) is 3.54. The summed E-state index contributed by atoms with van der Waals surface area (Å²) in [7, 11) is -3.05. The van der Waals surface area contributed by atoms with Crippen molar-refractivity contribution in [3.63, 3.8) is 0 Å². The number of nitrogens with zero attached hydrogens (tertiary/aromatic N) is 3. The molecule has 8 nitrogen and oxygen atoms in total. The summed E-state index contributed by atoms with van der Waals surface area (Å²) in [4.78, 5) is 20.7. The number of ether oxygens (including phenoxy) is 2. The molecule has 0 radical (unpaired) electrons. The fourth-order valence-corrected chi connectivity index (χ4v) is 7.13. The van der Waals surface area contributed by atoms with Crippen LogP contribution < -0.4 is 9.47 Å². The van der Waals surface area contributed by atoms with Crippen LogP contribution in [-0.4, -0.2) is 86.1 Å². The Morgan fingerprint density at radius 2 is 1.88 bits per heavy atom. The van der Waals surface area contributed by atoms with E-state index in [0.29, 0.717) is 19.5 Å². The van der Waals surface area contributed by atoms with E-state index in [1.807, 2.05) is 29.6 Å². The van der Waals surface area contributed by atoms with Gasteiger partial charge < -0.3 is 14.4 Å². The Labute approximate surface area is 198 Å². The fourth-order valence-electron chi connectivity index (χ4n) is 4.70. The molecule has 0 spiro atoms. The van der Waals surface area contributed by atoms with Crippen LogP contribution >= 0.6 is 11.3 Å². The van der Waals surface area contributed by atoms with E-state index in [1.54, 1.807) is 16.2 Å². The second-order valence-electron chi connectivity index (χ2n) is 8.90. The maximum Gasteiger partial charge on any atom is 0.237 e. The first kappa shape index (κ1) is 22.6. The highest BCUT2D eigenvalue weighted by molar-refractivity contribution is 7.91. The summed E-state index contributed by atoms with van der Waals surface area (Å²) in [5.74, 6) is 1.87. The first-order valence-electron chi connectivity index (χ1n) is 11.3. The Morgan fingerprint density at radius 3 is 2.61 bits per heavy atom. The summed E-state index contributed by atoms with van der Waals surface area (Å²) in [5, 5.41) is 1.99. The van der Waals surface area contributed by atoms with E-state index < -0.39 is 9.84 Å². The normalized spacial score (nSPS) is 22.5. The molecule has 3 aliphatic heterocycles. The molecule has 1 aromatic carbocycles. The summed E-state index contributed by atoms with van der Waals surface area (Å²) in [5.41, 5.74) is 1.19. The summed E-state index contributed by atoms with van der Waals surface area (Å²) in [6.45, 7) is 5.32. The number of amides is 1. The van der Waals surface area contributed by atoms with Crippen LogP contribution in [0, 0.1) is 0 Å². The standard InChI is InChI=1S/C23H29N3O5S2/c27-23(26(14-20-2-1-10-32-20)19-5-11-33(28,29)16-19)15-25-8-6-24(7-9-25)13-18-3-4-21-22(12-18)31-17-30-21/h1-4,10,12,19H,5-9,11,13-17H2/t19-/m1/s1. The highest BCUT2D eigenvalue weighted by Gasteiger charge is 2.35. The SMILES string of the molecule is O=C(CN1CCN(Cc2ccc3c(c2)OCO3)CC1)N(Cc1cccs1)[C@@H]1CCS(=O)(=O)C1. The minimum atomic E-state index is -3.05. The molecule has 0 N–H and O–H groups in total. The van der Waals surface area contributed by atoms with Gasteiger partial charge in [-0.2, -0.15) is 0 Å². The quantitative estimate of drug-likeness (QED) is 0.585. The monoisotopic (exact) mass is 491 g/mol. The van der Waals surface area contributed by atoms with Crippen LogP contribution in [-0.2, 0) is 27.7 Å². The smallest absolute Gasteiger partial charge is 0.237 e. The molecule has 1 amide bonds. The van der Waals surface area contributed by atoms with E-state index in [4.69, 9.17) is 9.47 Å². The van der Waals surface area contributed by atoms with Gasteiger partial charge in [0.2, 0.25) is 12.7 Å². The highest BCUT2D eigenvalue weighted by Crippen LogP contribution is 2.33. The third-order valence-corrected chi connectivity index (χ3v) is 9.15. The van der Waals surface area contributed by atoms with Gasteiger partial charge in [0.25, 0.3) is 0 Å². The number of hydrogen-bond donors (Lipinski definition) is 0. The van der Waals surface area contributed by atoms with Crippen molar-refractivity contribution in [1.82, 2.24) is 14.7 Å². The minimum Gasteiger partial charge on any atom is -0.454 e. The van der Waals surface area contributed by atoms with Gasteiger partial charge in [-0.25, -0.2) is 8.42 Å². The van der Waals surface area contributed by atoms with Crippen molar-refractivity contribution < 1.29 is 22.7 Å². The molecule has 10 heteroatoms. The zero-order valence-electron chi connectivity index (χ0n) is 18.5. The maximum absolute atomic E-state index is 13.3. The first-order chi connectivity index (χ1) is 15.9. The van der Waals surface area contributed by atoms with Crippen LogP contribution in [0.25, 0.3) is 0 Å². The molecule has 4 heterocycles. The lowest BCUT2D eigenvalue weighted by Crippen LogP contribution is -2.51. The molecular formula is C23H29N3O5S2. The second-order valence-corrected chi connectivity index (χ2v) is 12.2. The van der Waals surface area contributed by atoms with Crippen LogP contribution in [0.2, 0.25) is 0 Å². The summed E-state index contributed by atoms with van der Waals surface area (Å²) in [6, 6.07) is 9.81. The Bertz CT molecular complexity index is 1080. The topological polar surface area (TPSA) is 79.4 Å². The molecule has 2 saturated heterocycles. The number of fused-ring (bicyclic) bond motifs is 1. The van der Waals surface area contributed by atoms with Gasteiger partial charge >= 0.3 is 0 Å². The summed E-state index contributed by atoms with van der Waals surface area (Å²) >= 11 is 1.60. The number of piperazine rings is 1. The first-order valence-corrected chi connectivity index (χ1v) is 14.0. The zero-order chi connectivity index (χ0) is 22.8. The molecule has 5 rings (SSSR count). The van der Waals surface area contributed by atoms with Crippen molar-refractivity contribution in [2.24, 2.45) is 0 Å². The molecule has 0 saturated carbocycles. The molecule has 2 fully saturated rings. The molecule has 0 aliphatic carbocycles. The molecule has 33 heavy (non-hydrogen) atoms. The maximum atomic E-state index is 13.3. The lowest BCUT2D eigenvalue weighted by Gasteiger charge is -2.36. The van der Waals surface area contributed by atoms with E-state index >= 15 is 0 Å². The van der Waals surface area contributed by atoms with Gasteiger partial charge in [0.15, 0.2) is 21.3 Å². The number of thiophene rings is 1. The molecule has 178 valence electrons. The predicted octanol–water partition coefficient (Wildman–Crippen LogP) is 1.81. The Balaban J connectivity index is 1.16. The zero-order valence-corrected chi connectivity index (χ0v) is 20.2. The molecule has 0 bridgehead atoms. The van der Waals surface area contributed by atoms with E-state index in [1.165, 1.54) is 5.56 Å². The van der Waals surface area contributed by atoms with Crippen molar-refractivity contribution in [2.45, 2.75) is 25.6 Å². The van der Waals surface area contributed by atoms with Gasteiger partial charge in [-0.1, -0.05) is 12.1 Å². The highest BCUT2D eigenvalue weighted by atomic mass is 32.2. The van der Waals surface area contributed by atoms with Gasteiger partial charge in [-0.05, 0) is 35.6 Å². The number of benzene rings is 1. The van der Waals surface area contributed by atoms with Gasteiger partial charge in [0, 0.05) is 43.6 Å². The number of carbonyl (C=O) groups is 1. The minimum absolute atomic E-state index is 0.0229. The van der Waals surface area contributed by atoms with E-state index in [0.717, 1.165) is 49.1 Å². The number of rotatable bonds is 7. The van der Waals surface area contributed by atoms with Crippen LogP contribution in [0.1, 0.15) is 16.9 Å². The van der Waals surface area contributed by atoms with E-state index in [2.05, 4.69) is 15.9 Å². The van der Waals surface area contributed by atoms with Gasteiger partial charge in [-0.3, -0.25) is 14.6 Å². The van der Waals surface area contributed by atoms with Gasteiger partial charge in [-0.15, -0.1) is 11.3 Å². The number of sulfone groups is 1. The molecule has 1 aromatic heterocycles. The predicted molar refractivity (Wildman–Crippen MR) is 126 cm³/mol. The van der Waals surface area contributed by atoms with Crippen LogP contribution in [0.15, 0.2) is 35.7 Å². The van der Waals surface area contributed by atoms with E-state index in [9.17, 15) is 13.2 Å². The summed E-state index contributed by atoms with van der Waals surface area (Å²) < 4.78 is 34.9. The van der Waals surface area contributed by atoms with Crippen molar-refractivity contribution in [2.75, 3.05) is 51.0 Å². The average molecular weight is 492 g/mol. The lowest BCUT2D eigenvalue weighted by atomic mass is 10.1. The van der Waals surface area contributed by atoms with Gasteiger partial charge in [0.05, 0.1) is 24.6 Å². The largest absolute Gasteiger partial charge is 0.454 e. The summed E-state index contributed by atoms with van der Waals surface area (Å²) in [6.07, 6.45) is 0.531. The Morgan fingerprint density at radius 1 is 1.09 bits per heavy atom. The van der Waals surface area contributed by atoms with Crippen molar-refractivity contribution in [3.05, 3.63) is 46.2 Å². The third kappa shape index (κ3) is 5.51. The Kier molecular flexibility index (Phi) is 6.60. The molecular weight excluding hydrogens is 462 g/mol. The van der Waals surface area contributed by atoms with Crippen LogP contribution in [0.3, 0.4) is 0 Å². The number of carbonyl (C=O) groups excluding carboxylic acids is 1. The van der Waals surface area contributed by atoms with E-state index in [-0.39, 0.29) is 30.2 Å². The molecule has 3 aliphatic rings.